The van der Waals surface area contributed by atoms with E-state index in [0.717, 1.165) is 11.0 Å². The number of carbonyl (C=O) groups excluding carboxylic acids is 1. The number of rotatable bonds is 10. The van der Waals surface area contributed by atoms with Crippen molar-refractivity contribution in [2.24, 2.45) is 0 Å². The van der Waals surface area contributed by atoms with Crippen molar-refractivity contribution in [1.29, 1.82) is 5.26 Å². The first-order valence-electron chi connectivity index (χ1n) is 13.5. The molecular formula is C29H28F4N6O4S. The molecule has 4 rings (SSSR count). The van der Waals surface area contributed by atoms with Gasteiger partial charge in [-0.05, 0) is 55.8 Å². The Morgan fingerprint density at radius 2 is 1.82 bits per heavy atom. The van der Waals surface area contributed by atoms with Crippen LogP contribution in [0.25, 0.3) is 16.7 Å². The van der Waals surface area contributed by atoms with Crippen molar-refractivity contribution in [3.63, 3.8) is 0 Å². The fourth-order valence-corrected chi connectivity index (χ4v) is 5.51. The SMILES string of the molecule is CCn1ncc2nc([C@@H](C)N(CCS(=O)(=O)CC)C(=O)Cc3ccc(F)c(C(F)(F)F)c3)n(-c3ccc(C#N)cc3)c(=O)c21. The molecule has 1 atom stereocenters. The van der Waals surface area contributed by atoms with Crippen LogP contribution in [-0.4, -0.2) is 56.6 Å². The van der Waals surface area contributed by atoms with E-state index >= 15 is 0 Å². The average molecular weight is 633 g/mol. The summed E-state index contributed by atoms with van der Waals surface area (Å²) in [6, 6.07) is 9.12. The summed E-state index contributed by atoms with van der Waals surface area (Å²) in [5, 5.41) is 13.4. The molecule has 0 aliphatic carbocycles. The summed E-state index contributed by atoms with van der Waals surface area (Å²) in [6.07, 6.45) is -4.23. The minimum atomic E-state index is -5.00. The zero-order valence-electron chi connectivity index (χ0n) is 24.0. The summed E-state index contributed by atoms with van der Waals surface area (Å²) >= 11 is 0. The smallest absolute Gasteiger partial charge is 0.331 e. The highest BCUT2D eigenvalue weighted by Gasteiger charge is 2.35. The number of fused-ring (bicyclic) bond motifs is 1. The monoisotopic (exact) mass is 632 g/mol. The van der Waals surface area contributed by atoms with Crippen molar-refractivity contribution >= 4 is 26.8 Å². The molecule has 10 nitrogen and oxygen atoms in total. The summed E-state index contributed by atoms with van der Waals surface area (Å²) in [7, 11) is -3.61. The first-order chi connectivity index (χ1) is 20.7. The van der Waals surface area contributed by atoms with Crippen molar-refractivity contribution in [2.45, 2.75) is 46.0 Å². The van der Waals surface area contributed by atoms with E-state index in [1.807, 2.05) is 6.07 Å². The summed E-state index contributed by atoms with van der Waals surface area (Å²) in [5.74, 6) is -2.92. The molecule has 0 N–H and O–H groups in total. The maximum Gasteiger partial charge on any atom is 0.419 e. The quantitative estimate of drug-likeness (QED) is 0.240. The molecule has 0 fully saturated rings. The van der Waals surface area contributed by atoms with E-state index in [-0.39, 0.29) is 34.7 Å². The second-order valence-electron chi connectivity index (χ2n) is 9.95. The molecule has 0 spiro atoms. The normalized spacial score (nSPS) is 12.7. The van der Waals surface area contributed by atoms with Gasteiger partial charge in [0.15, 0.2) is 15.4 Å². The van der Waals surface area contributed by atoms with Gasteiger partial charge in [-0.3, -0.25) is 18.8 Å². The van der Waals surface area contributed by atoms with Crippen LogP contribution in [0.4, 0.5) is 17.6 Å². The van der Waals surface area contributed by atoms with Crippen LogP contribution in [0.2, 0.25) is 0 Å². The summed E-state index contributed by atoms with van der Waals surface area (Å²) in [4.78, 5) is 33.4. The Bertz CT molecular complexity index is 1910. The van der Waals surface area contributed by atoms with Gasteiger partial charge in [0, 0.05) is 18.8 Å². The molecule has 4 aromatic rings. The van der Waals surface area contributed by atoms with E-state index in [1.165, 1.54) is 53.6 Å². The van der Waals surface area contributed by atoms with E-state index in [4.69, 9.17) is 0 Å². The van der Waals surface area contributed by atoms with Crippen molar-refractivity contribution in [3.8, 4) is 11.8 Å². The van der Waals surface area contributed by atoms with E-state index < -0.39 is 57.1 Å². The van der Waals surface area contributed by atoms with Gasteiger partial charge in [0.1, 0.15) is 17.2 Å². The molecule has 0 saturated heterocycles. The molecular weight excluding hydrogens is 604 g/mol. The van der Waals surface area contributed by atoms with Gasteiger partial charge in [0.05, 0.1) is 47.3 Å². The number of hydrogen-bond acceptors (Lipinski definition) is 7. The van der Waals surface area contributed by atoms with E-state index in [0.29, 0.717) is 29.9 Å². The molecule has 2 aromatic heterocycles. The first kappa shape index (κ1) is 32.3. The summed E-state index contributed by atoms with van der Waals surface area (Å²) in [5.41, 5.74) is -1.21. The van der Waals surface area contributed by atoms with Crippen LogP contribution in [0.15, 0.2) is 53.5 Å². The fourth-order valence-electron chi connectivity index (χ4n) is 4.75. The Balaban J connectivity index is 1.86. The van der Waals surface area contributed by atoms with Gasteiger partial charge in [0.25, 0.3) is 5.56 Å². The number of hydrogen-bond donors (Lipinski definition) is 0. The third-order valence-electron chi connectivity index (χ3n) is 7.18. The van der Waals surface area contributed by atoms with Crippen molar-refractivity contribution in [3.05, 3.63) is 87.3 Å². The van der Waals surface area contributed by atoms with Crippen LogP contribution >= 0.6 is 0 Å². The van der Waals surface area contributed by atoms with Crippen LogP contribution < -0.4 is 5.56 Å². The predicted molar refractivity (Wildman–Crippen MR) is 153 cm³/mol. The standard InChI is InChI=1S/C29H28F4N6O4S/c1-4-38-26-24(17-35-38)36-27(39(28(26)41)21-9-6-19(16-34)7-10-21)18(3)37(12-13-44(42,43)5-2)25(40)15-20-8-11-23(30)22(14-20)29(31,32)33/h6-11,14,17-18H,4-5,12-13,15H2,1-3H3/t18-/m1/s1. The maximum absolute atomic E-state index is 13.9. The number of amides is 1. The lowest BCUT2D eigenvalue weighted by atomic mass is 10.1. The van der Waals surface area contributed by atoms with E-state index in [2.05, 4.69) is 10.1 Å². The Kier molecular flexibility index (Phi) is 9.24. The molecule has 0 radical (unpaired) electrons. The lowest BCUT2D eigenvalue weighted by molar-refractivity contribution is -0.140. The first-order valence-corrected chi connectivity index (χ1v) is 15.4. The summed E-state index contributed by atoms with van der Waals surface area (Å²) < 4.78 is 81.5. The second kappa shape index (κ2) is 12.6. The van der Waals surface area contributed by atoms with E-state index in [1.54, 1.807) is 6.92 Å². The zero-order valence-corrected chi connectivity index (χ0v) is 24.8. The van der Waals surface area contributed by atoms with E-state index in [9.17, 15) is 40.8 Å². The van der Waals surface area contributed by atoms with Crippen LogP contribution in [0.1, 0.15) is 49.3 Å². The molecule has 0 unspecified atom stereocenters. The second-order valence-corrected chi connectivity index (χ2v) is 12.4. The number of aromatic nitrogens is 4. The molecule has 0 bridgehead atoms. The zero-order chi connectivity index (χ0) is 32.4. The average Bonchev–Trinajstić information content (AvgIpc) is 3.41. The largest absolute Gasteiger partial charge is 0.419 e. The number of halogens is 4. The number of benzene rings is 2. The Labute approximate surface area is 250 Å². The van der Waals surface area contributed by atoms with Gasteiger partial charge in [-0.2, -0.15) is 23.5 Å². The highest BCUT2D eigenvalue weighted by molar-refractivity contribution is 7.91. The molecule has 15 heteroatoms. The minimum absolute atomic E-state index is 0.0280. The predicted octanol–water partition coefficient (Wildman–Crippen LogP) is 4.20. The molecule has 0 aliphatic heterocycles. The van der Waals surface area contributed by atoms with Crippen LogP contribution in [0.3, 0.4) is 0 Å². The van der Waals surface area contributed by atoms with Gasteiger partial charge < -0.3 is 4.90 Å². The molecule has 1 amide bonds. The highest BCUT2D eigenvalue weighted by atomic mass is 32.2. The van der Waals surface area contributed by atoms with Gasteiger partial charge in [-0.25, -0.2) is 17.8 Å². The summed E-state index contributed by atoms with van der Waals surface area (Å²) in [6.45, 7) is 4.72. The van der Waals surface area contributed by atoms with Gasteiger partial charge in [-0.15, -0.1) is 0 Å². The molecule has 0 saturated carbocycles. The lowest BCUT2D eigenvalue weighted by Crippen LogP contribution is -2.41. The lowest BCUT2D eigenvalue weighted by Gasteiger charge is -2.30. The third kappa shape index (κ3) is 6.65. The van der Waals surface area contributed by atoms with Crippen LogP contribution in [0.5, 0.6) is 0 Å². The molecule has 0 aliphatic rings. The Morgan fingerprint density at radius 1 is 1.14 bits per heavy atom. The number of alkyl halides is 3. The highest BCUT2D eigenvalue weighted by Crippen LogP contribution is 2.32. The number of aryl methyl sites for hydroxylation is 1. The topological polar surface area (TPSA) is 131 Å². The molecule has 2 aromatic carbocycles. The van der Waals surface area contributed by atoms with Crippen LogP contribution in [0, 0.1) is 17.1 Å². The third-order valence-corrected chi connectivity index (χ3v) is 8.86. The number of sulfone groups is 1. The van der Waals surface area contributed by atoms with Crippen molar-refractivity contribution in [1.82, 2.24) is 24.2 Å². The number of nitriles is 1. The van der Waals surface area contributed by atoms with Gasteiger partial charge in [-0.1, -0.05) is 13.0 Å². The maximum atomic E-state index is 13.9. The van der Waals surface area contributed by atoms with Gasteiger partial charge in [0.2, 0.25) is 5.91 Å². The van der Waals surface area contributed by atoms with Crippen molar-refractivity contribution in [2.75, 3.05) is 18.1 Å². The number of carbonyl (C=O) groups is 1. The Morgan fingerprint density at radius 3 is 2.41 bits per heavy atom. The number of nitrogens with zero attached hydrogens (tertiary/aromatic N) is 6. The molecule has 2 heterocycles. The fraction of sp³-hybridized carbons (Fsp3) is 0.345. The molecule has 44 heavy (non-hydrogen) atoms. The minimum Gasteiger partial charge on any atom is -0.331 e. The van der Waals surface area contributed by atoms with Crippen LogP contribution in [-0.2, 0) is 33.8 Å². The van der Waals surface area contributed by atoms with Gasteiger partial charge >= 0.3 is 6.18 Å². The van der Waals surface area contributed by atoms with Crippen molar-refractivity contribution < 1.29 is 30.8 Å². The Hall–Kier alpha value is -4.58. The molecule has 232 valence electrons.